The van der Waals surface area contributed by atoms with Crippen LogP contribution in [0.25, 0.3) is 11.3 Å². The third-order valence-electron chi connectivity index (χ3n) is 2.43. The number of benzene rings is 1. The van der Waals surface area contributed by atoms with Gasteiger partial charge in [0.1, 0.15) is 0 Å². The topological polar surface area (TPSA) is 46.3 Å². The molecule has 0 aliphatic heterocycles. The van der Waals surface area contributed by atoms with E-state index in [0.29, 0.717) is 22.2 Å². The third-order valence-corrected chi connectivity index (χ3v) is 3.17. The van der Waals surface area contributed by atoms with Gasteiger partial charge in [0.05, 0.1) is 16.2 Å². The van der Waals surface area contributed by atoms with Gasteiger partial charge in [-0.15, -0.1) is 0 Å². The van der Waals surface area contributed by atoms with E-state index in [1.807, 2.05) is 6.07 Å². The highest BCUT2D eigenvalue weighted by atomic mass is 35.5. The Balaban J connectivity index is 2.32. The number of hydrogen-bond donors (Lipinski definition) is 1. The SMILES string of the molecule is OCCCc1cnoc1-c1ccc(Cl)c(Cl)c1. The Labute approximate surface area is 109 Å². The predicted molar refractivity (Wildman–Crippen MR) is 67.4 cm³/mol. The number of aryl methyl sites for hydroxylation is 1. The number of rotatable bonds is 4. The molecule has 0 aliphatic rings. The number of halogens is 2. The molecule has 2 rings (SSSR count). The summed E-state index contributed by atoms with van der Waals surface area (Å²) >= 11 is 11.8. The van der Waals surface area contributed by atoms with Crippen LogP contribution in [-0.2, 0) is 6.42 Å². The molecule has 0 saturated carbocycles. The van der Waals surface area contributed by atoms with Crippen molar-refractivity contribution < 1.29 is 9.63 Å². The second-order valence-corrected chi connectivity index (χ2v) is 4.45. The van der Waals surface area contributed by atoms with Crippen LogP contribution in [0.2, 0.25) is 10.0 Å². The second-order valence-electron chi connectivity index (χ2n) is 3.64. The van der Waals surface area contributed by atoms with Crippen LogP contribution >= 0.6 is 23.2 Å². The van der Waals surface area contributed by atoms with Crippen molar-refractivity contribution in [3.8, 4) is 11.3 Å². The fourth-order valence-electron chi connectivity index (χ4n) is 1.58. The zero-order chi connectivity index (χ0) is 12.3. The normalized spacial score (nSPS) is 10.8. The summed E-state index contributed by atoms with van der Waals surface area (Å²) in [6.45, 7) is 0.145. The highest BCUT2D eigenvalue weighted by Gasteiger charge is 2.11. The molecular weight excluding hydrogens is 261 g/mol. The van der Waals surface area contributed by atoms with Gasteiger partial charge >= 0.3 is 0 Å². The van der Waals surface area contributed by atoms with Crippen molar-refractivity contribution in [2.45, 2.75) is 12.8 Å². The zero-order valence-corrected chi connectivity index (χ0v) is 10.5. The molecule has 1 aromatic carbocycles. The summed E-state index contributed by atoms with van der Waals surface area (Å²) in [6, 6.07) is 5.29. The first kappa shape index (κ1) is 12.4. The van der Waals surface area contributed by atoms with E-state index in [1.165, 1.54) is 0 Å². The lowest BCUT2D eigenvalue weighted by molar-refractivity contribution is 0.288. The standard InChI is InChI=1S/C12H11Cl2NO2/c13-10-4-3-8(6-11(10)14)12-9(2-1-5-16)7-15-17-12/h3-4,6-7,16H,1-2,5H2. The monoisotopic (exact) mass is 271 g/mol. The largest absolute Gasteiger partial charge is 0.396 e. The van der Waals surface area contributed by atoms with Crippen LogP contribution in [0.5, 0.6) is 0 Å². The maximum atomic E-state index is 8.82. The van der Waals surface area contributed by atoms with E-state index < -0.39 is 0 Å². The summed E-state index contributed by atoms with van der Waals surface area (Å²) in [6.07, 6.45) is 3.05. The summed E-state index contributed by atoms with van der Waals surface area (Å²) in [5, 5.41) is 13.6. The van der Waals surface area contributed by atoms with Gasteiger partial charge in [0.25, 0.3) is 0 Å². The number of hydrogen-bond acceptors (Lipinski definition) is 3. The van der Waals surface area contributed by atoms with Crippen molar-refractivity contribution in [2.75, 3.05) is 6.61 Å². The van der Waals surface area contributed by atoms with E-state index in [1.54, 1.807) is 18.3 Å². The minimum absolute atomic E-state index is 0.145. The molecule has 0 amide bonds. The Hall–Kier alpha value is -1.03. The lowest BCUT2D eigenvalue weighted by Crippen LogP contribution is -1.89. The van der Waals surface area contributed by atoms with Crippen LogP contribution < -0.4 is 0 Å². The molecule has 0 atom stereocenters. The van der Waals surface area contributed by atoms with Gasteiger partial charge in [-0.3, -0.25) is 0 Å². The first-order chi connectivity index (χ1) is 8.22. The van der Waals surface area contributed by atoms with E-state index >= 15 is 0 Å². The van der Waals surface area contributed by atoms with Crippen LogP contribution in [0, 0.1) is 0 Å². The van der Waals surface area contributed by atoms with Gasteiger partial charge in [-0.1, -0.05) is 28.4 Å². The molecule has 0 bridgehead atoms. The van der Waals surface area contributed by atoms with Gasteiger partial charge < -0.3 is 9.63 Å². The summed E-state index contributed by atoms with van der Waals surface area (Å²) in [4.78, 5) is 0. The van der Waals surface area contributed by atoms with Gasteiger partial charge in [0.2, 0.25) is 0 Å². The molecule has 0 fully saturated rings. The number of aromatic nitrogens is 1. The Bertz CT molecular complexity index is 511. The maximum Gasteiger partial charge on any atom is 0.170 e. The predicted octanol–water partition coefficient (Wildman–Crippen LogP) is 3.57. The highest BCUT2D eigenvalue weighted by molar-refractivity contribution is 6.42. The molecule has 0 aliphatic carbocycles. The number of aliphatic hydroxyl groups is 1. The van der Waals surface area contributed by atoms with Gasteiger partial charge in [-0.2, -0.15) is 0 Å². The van der Waals surface area contributed by atoms with Gasteiger partial charge in [-0.25, -0.2) is 0 Å². The van der Waals surface area contributed by atoms with E-state index in [4.69, 9.17) is 32.8 Å². The van der Waals surface area contributed by atoms with E-state index in [2.05, 4.69) is 5.16 Å². The number of aliphatic hydroxyl groups excluding tert-OH is 1. The van der Waals surface area contributed by atoms with Crippen molar-refractivity contribution in [3.63, 3.8) is 0 Å². The molecule has 17 heavy (non-hydrogen) atoms. The fraction of sp³-hybridized carbons (Fsp3) is 0.250. The Kier molecular flexibility index (Phi) is 4.05. The van der Waals surface area contributed by atoms with E-state index in [-0.39, 0.29) is 6.61 Å². The molecule has 1 N–H and O–H groups in total. The second kappa shape index (κ2) is 5.54. The highest BCUT2D eigenvalue weighted by Crippen LogP contribution is 2.30. The summed E-state index contributed by atoms with van der Waals surface area (Å²) in [5.41, 5.74) is 1.79. The lowest BCUT2D eigenvalue weighted by Gasteiger charge is -2.02. The van der Waals surface area contributed by atoms with Crippen LogP contribution in [0.1, 0.15) is 12.0 Å². The van der Waals surface area contributed by atoms with Crippen LogP contribution in [0.4, 0.5) is 0 Å². The first-order valence-corrected chi connectivity index (χ1v) is 5.98. The summed E-state index contributed by atoms with van der Waals surface area (Å²) < 4.78 is 5.21. The van der Waals surface area contributed by atoms with Crippen molar-refractivity contribution >= 4 is 23.2 Å². The molecule has 2 aromatic rings. The summed E-state index contributed by atoms with van der Waals surface area (Å²) in [7, 11) is 0. The molecule has 90 valence electrons. The maximum absolute atomic E-state index is 8.82. The van der Waals surface area contributed by atoms with Gasteiger partial charge in [0, 0.05) is 17.7 Å². The van der Waals surface area contributed by atoms with E-state index in [9.17, 15) is 0 Å². The minimum atomic E-state index is 0.145. The average Bonchev–Trinajstić information content (AvgIpc) is 2.78. The van der Waals surface area contributed by atoms with Crippen LogP contribution in [0.3, 0.4) is 0 Å². The first-order valence-electron chi connectivity index (χ1n) is 5.22. The Morgan fingerprint density at radius 3 is 2.76 bits per heavy atom. The third kappa shape index (κ3) is 2.80. The van der Waals surface area contributed by atoms with E-state index in [0.717, 1.165) is 17.5 Å². The smallest absolute Gasteiger partial charge is 0.170 e. The number of nitrogens with zero attached hydrogens (tertiary/aromatic N) is 1. The molecule has 0 radical (unpaired) electrons. The summed E-state index contributed by atoms with van der Waals surface area (Å²) in [5.74, 6) is 0.678. The van der Waals surface area contributed by atoms with Crippen LogP contribution in [0.15, 0.2) is 28.9 Å². The lowest BCUT2D eigenvalue weighted by atomic mass is 10.1. The molecule has 1 heterocycles. The van der Waals surface area contributed by atoms with Crippen molar-refractivity contribution in [2.24, 2.45) is 0 Å². The molecule has 0 unspecified atom stereocenters. The van der Waals surface area contributed by atoms with Crippen molar-refractivity contribution in [1.82, 2.24) is 5.16 Å². The molecular formula is C12H11Cl2NO2. The Morgan fingerprint density at radius 1 is 1.24 bits per heavy atom. The van der Waals surface area contributed by atoms with Gasteiger partial charge in [-0.05, 0) is 31.0 Å². The molecule has 5 heteroatoms. The zero-order valence-electron chi connectivity index (χ0n) is 8.99. The van der Waals surface area contributed by atoms with Gasteiger partial charge in [0.15, 0.2) is 5.76 Å². The minimum Gasteiger partial charge on any atom is -0.396 e. The molecule has 0 spiro atoms. The fourth-order valence-corrected chi connectivity index (χ4v) is 1.88. The van der Waals surface area contributed by atoms with Crippen molar-refractivity contribution in [1.29, 1.82) is 0 Å². The molecule has 3 nitrogen and oxygen atoms in total. The Morgan fingerprint density at radius 2 is 2.06 bits per heavy atom. The van der Waals surface area contributed by atoms with Crippen molar-refractivity contribution in [3.05, 3.63) is 40.0 Å². The molecule has 1 aromatic heterocycles. The van der Waals surface area contributed by atoms with Crippen LogP contribution in [-0.4, -0.2) is 16.9 Å². The average molecular weight is 272 g/mol. The molecule has 0 saturated heterocycles. The quantitative estimate of drug-likeness (QED) is 0.925.